The van der Waals surface area contributed by atoms with Crippen molar-refractivity contribution in [3.63, 3.8) is 0 Å². The average molecular weight is 517 g/mol. The molecule has 3 aromatic rings. The quantitative estimate of drug-likeness (QED) is 0.478. The zero-order valence-corrected chi connectivity index (χ0v) is 21.3. The number of rotatable bonds is 5. The van der Waals surface area contributed by atoms with Crippen molar-refractivity contribution in [1.82, 2.24) is 20.6 Å². The van der Waals surface area contributed by atoms with Crippen molar-refractivity contribution < 1.29 is 18.3 Å². The summed E-state index contributed by atoms with van der Waals surface area (Å²) in [6, 6.07) is 4.98. The van der Waals surface area contributed by atoms with Crippen molar-refractivity contribution in [1.29, 1.82) is 0 Å². The summed E-state index contributed by atoms with van der Waals surface area (Å²) in [4.78, 5) is 25.1. The Morgan fingerprint density at radius 1 is 1.39 bits per heavy atom. The third-order valence-electron chi connectivity index (χ3n) is 6.97. The molecule has 3 aromatic heterocycles. The maximum Gasteiger partial charge on any atom is 0.263 e. The standard InChI is InChI=1S/C25H30F2N6O2S/c1-13-4-5-18-21(28)22(36-24(18)31-13)23(34)32-17-6-15-9-30-20(7-19(15)35-12-17)33-11-16(10-29-3)25(26,27)8-14(33)2/h4-5,7,9,14,16-17,29H,6,8,10-12,28H2,1-3H3,(H,32,34)/t14?,16?,17-/m1/s1. The van der Waals surface area contributed by atoms with Crippen LogP contribution in [-0.4, -0.2) is 60.6 Å². The molecule has 192 valence electrons. The van der Waals surface area contributed by atoms with Gasteiger partial charge in [0.2, 0.25) is 0 Å². The van der Waals surface area contributed by atoms with E-state index >= 15 is 0 Å². The summed E-state index contributed by atoms with van der Waals surface area (Å²) >= 11 is 1.28. The molecule has 5 heterocycles. The Balaban J connectivity index is 1.28. The summed E-state index contributed by atoms with van der Waals surface area (Å²) in [5.74, 6) is -2.48. The minimum atomic E-state index is -2.72. The lowest BCUT2D eigenvalue weighted by Gasteiger charge is -2.43. The van der Waals surface area contributed by atoms with Crippen molar-refractivity contribution >= 4 is 39.0 Å². The molecule has 0 aliphatic carbocycles. The summed E-state index contributed by atoms with van der Waals surface area (Å²) in [7, 11) is 1.69. The largest absolute Gasteiger partial charge is 0.491 e. The minimum absolute atomic E-state index is 0.213. The fourth-order valence-corrected chi connectivity index (χ4v) is 6.06. The maximum absolute atomic E-state index is 14.5. The van der Waals surface area contributed by atoms with E-state index < -0.39 is 11.8 Å². The number of halogens is 2. The molecular weight excluding hydrogens is 486 g/mol. The molecule has 11 heteroatoms. The number of thiophene rings is 1. The monoisotopic (exact) mass is 516 g/mol. The van der Waals surface area contributed by atoms with Gasteiger partial charge in [-0.25, -0.2) is 18.7 Å². The topological polar surface area (TPSA) is 105 Å². The van der Waals surface area contributed by atoms with Gasteiger partial charge in [-0.1, -0.05) is 0 Å². The predicted molar refractivity (Wildman–Crippen MR) is 137 cm³/mol. The summed E-state index contributed by atoms with van der Waals surface area (Å²) in [6.07, 6.45) is 2.05. The lowest BCUT2D eigenvalue weighted by atomic mass is 9.89. The van der Waals surface area contributed by atoms with E-state index in [0.717, 1.165) is 21.5 Å². The van der Waals surface area contributed by atoms with Gasteiger partial charge >= 0.3 is 0 Å². The molecule has 5 rings (SSSR count). The van der Waals surface area contributed by atoms with Crippen molar-refractivity contribution in [2.45, 2.75) is 44.7 Å². The van der Waals surface area contributed by atoms with E-state index in [4.69, 9.17) is 10.5 Å². The Kier molecular flexibility index (Phi) is 6.46. The van der Waals surface area contributed by atoms with E-state index in [1.54, 1.807) is 20.2 Å². The second-order valence-corrected chi connectivity index (χ2v) is 10.7. The Bertz CT molecular complexity index is 1300. The molecule has 8 nitrogen and oxygen atoms in total. The maximum atomic E-state index is 14.5. The van der Waals surface area contributed by atoms with Crippen LogP contribution in [0.4, 0.5) is 20.3 Å². The summed E-state index contributed by atoms with van der Waals surface area (Å²) in [6.45, 7) is 4.44. The second-order valence-electron chi connectivity index (χ2n) is 9.71. The highest BCUT2D eigenvalue weighted by Gasteiger charge is 2.47. The molecule has 2 unspecified atom stereocenters. The molecule has 2 aliphatic heterocycles. The van der Waals surface area contributed by atoms with E-state index in [1.165, 1.54) is 11.3 Å². The molecular formula is C25H30F2N6O2S. The molecule has 4 N–H and O–H groups in total. The van der Waals surface area contributed by atoms with Crippen molar-refractivity contribution in [3.05, 3.63) is 40.5 Å². The fraction of sp³-hybridized carbons (Fsp3) is 0.480. The Morgan fingerprint density at radius 3 is 2.97 bits per heavy atom. The van der Waals surface area contributed by atoms with Crippen LogP contribution in [0.1, 0.15) is 34.3 Å². The normalized spacial score (nSPS) is 23.2. The number of nitrogens with two attached hydrogens (primary N) is 1. The zero-order chi connectivity index (χ0) is 25.6. The fourth-order valence-electron chi connectivity index (χ4n) is 5.02. The number of pyridine rings is 2. The second kappa shape index (κ2) is 9.44. The van der Waals surface area contributed by atoms with Crippen LogP contribution in [0.3, 0.4) is 0 Å². The minimum Gasteiger partial charge on any atom is -0.491 e. The highest BCUT2D eigenvalue weighted by atomic mass is 32.1. The van der Waals surface area contributed by atoms with E-state index in [-0.39, 0.29) is 37.5 Å². The Labute approximate surface area is 212 Å². The molecule has 0 aromatic carbocycles. The van der Waals surface area contributed by atoms with Crippen molar-refractivity contribution in [3.8, 4) is 5.75 Å². The van der Waals surface area contributed by atoms with Gasteiger partial charge in [-0.2, -0.15) is 0 Å². The number of hydrogen-bond acceptors (Lipinski definition) is 8. The number of anilines is 2. The van der Waals surface area contributed by atoms with Crippen LogP contribution in [-0.2, 0) is 6.42 Å². The average Bonchev–Trinajstić information content (AvgIpc) is 3.15. The van der Waals surface area contributed by atoms with Gasteiger partial charge in [0.05, 0.1) is 17.6 Å². The van der Waals surface area contributed by atoms with Crippen molar-refractivity contribution in [2.24, 2.45) is 5.92 Å². The summed E-state index contributed by atoms with van der Waals surface area (Å²) in [5, 5.41) is 6.67. The molecule has 0 radical (unpaired) electrons. The smallest absolute Gasteiger partial charge is 0.263 e. The van der Waals surface area contributed by atoms with Crippen LogP contribution in [0, 0.1) is 12.8 Å². The van der Waals surface area contributed by atoms with Crippen molar-refractivity contribution in [2.75, 3.05) is 37.4 Å². The highest BCUT2D eigenvalue weighted by molar-refractivity contribution is 7.21. The number of fused-ring (bicyclic) bond motifs is 2. The Hall–Kier alpha value is -3.05. The van der Waals surface area contributed by atoms with Crippen LogP contribution < -0.4 is 26.0 Å². The number of carbonyl (C=O) groups is 1. The summed E-state index contributed by atoms with van der Waals surface area (Å²) in [5.41, 5.74) is 8.39. The molecule has 1 fully saturated rings. The van der Waals surface area contributed by atoms with Crippen LogP contribution in [0.25, 0.3) is 10.2 Å². The third-order valence-corrected chi connectivity index (χ3v) is 8.08. The first-order valence-corrected chi connectivity index (χ1v) is 12.8. The lowest BCUT2D eigenvalue weighted by molar-refractivity contribution is -0.0795. The lowest BCUT2D eigenvalue weighted by Crippen LogP contribution is -2.54. The van der Waals surface area contributed by atoms with Gasteiger partial charge in [0, 0.05) is 60.9 Å². The van der Waals surface area contributed by atoms with E-state index in [9.17, 15) is 13.6 Å². The van der Waals surface area contributed by atoms with Gasteiger partial charge < -0.3 is 26.0 Å². The number of alkyl halides is 2. The molecule has 36 heavy (non-hydrogen) atoms. The molecule has 0 spiro atoms. The number of aryl methyl sites for hydroxylation is 1. The summed E-state index contributed by atoms with van der Waals surface area (Å²) < 4.78 is 34.9. The number of aromatic nitrogens is 2. The van der Waals surface area contributed by atoms with Gasteiger partial charge in [-0.15, -0.1) is 11.3 Å². The zero-order valence-electron chi connectivity index (χ0n) is 20.5. The van der Waals surface area contributed by atoms with E-state index in [2.05, 4.69) is 20.6 Å². The first kappa shape index (κ1) is 24.6. The molecule has 3 atom stereocenters. The SMILES string of the molecule is CNCC1CN(c2cc3c(cn2)C[C@@H](NC(=O)c2sc4nc(C)ccc4c2N)CO3)C(C)CC1(F)F. The molecule has 2 aliphatic rings. The Morgan fingerprint density at radius 2 is 2.19 bits per heavy atom. The number of nitrogens with one attached hydrogen (secondary N) is 2. The molecule has 0 bridgehead atoms. The number of carbonyl (C=O) groups excluding carboxylic acids is 1. The number of nitrogens with zero attached hydrogens (tertiary/aromatic N) is 3. The first-order valence-electron chi connectivity index (χ1n) is 12.0. The van der Waals surface area contributed by atoms with Crippen LogP contribution >= 0.6 is 11.3 Å². The number of amides is 1. The van der Waals surface area contributed by atoms with Gasteiger partial charge in [0.15, 0.2) is 0 Å². The van der Waals surface area contributed by atoms with Gasteiger partial charge in [0.25, 0.3) is 11.8 Å². The number of hydrogen-bond donors (Lipinski definition) is 3. The predicted octanol–water partition coefficient (Wildman–Crippen LogP) is 3.38. The number of nitrogen functional groups attached to an aromatic ring is 1. The molecule has 1 saturated heterocycles. The van der Waals surface area contributed by atoms with Crippen LogP contribution in [0.15, 0.2) is 24.4 Å². The van der Waals surface area contributed by atoms with Gasteiger partial charge in [-0.3, -0.25) is 4.79 Å². The first-order chi connectivity index (χ1) is 17.2. The van der Waals surface area contributed by atoms with Gasteiger partial charge in [-0.05, 0) is 33.0 Å². The molecule has 0 saturated carbocycles. The third kappa shape index (κ3) is 4.57. The van der Waals surface area contributed by atoms with E-state index in [0.29, 0.717) is 35.2 Å². The molecule has 1 amide bonds. The van der Waals surface area contributed by atoms with Gasteiger partial charge in [0.1, 0.15) is 27.9 Å². The van der Waals surface area contributed by atoms with Crippen LogP contribution in [0.5, 0.6) is 5.75 Å². The number of piperidine rings is 1. The number of ether oxygens (including phenoxy) is 1. The highest BCUT2D eigenvalue weighted by Crippen LogP contribution is 2.39. The van der Waals surface area contributed by atoms with Crippen LogP contribution in [0.2, 0.25) is 0 Å². The van der Waals surface area contributed by atoms with E-state index in [1.807, 2.05) is 30.0 Å².